The molecular weight excluding hydrogens is 448 g/mol. The first-order valence-corrected chi connectivity index (χ1v) is 10.4. The van der Waals surface area contributed by atoms with Gasteiger partial charge in [-0.15, -0.1) is 0 Å². The number of ether oxygens (including phenoxy) is 2. The number of rotatable bonds is 11. The molecule has 10 heteroatoms. The van der Waals surface area contributed by atoms with Crippen LogP contribution in [0.2, 0.25) is 0 Å². The van der Waals surface area contributed by atoms with Crippen LogP contribution in [0.5, 0.6) is 11.5 Å². The molecule has 0 saturated carbocycles. The van der Waals surface area contributed by atoms with Crippen molar-refractivity contribution in [1.29, 1.82) is 0 Å². The highest BCUT2D eigenvalue weighted by atomic mass is 19.3. The predicted octanol–water partition coefficient (Wildman–Crippen LogP) is 3.89. The van der Waals surface area contributed by atoms with Crippen molar-refractivity contribution in [2.24, 2.45) is 0 Å². The van der Waals surface area contributed by atoms with E-state index in [1.165, 1.54) is 25.5 Å². The molecule has 34 heavy (non-hydrogen) atoms. The number of benzene rings is 2. The number of halogens is 2. The van der Waals surface area contributed by atoms with Crippen LogP contribution in [-0.2, 0) is 17.9 Å². The maximum atomic E-state index is 12.6. The molecule has 0 spiro atoms. The van der Waals surface area contributed by atoms with Crippen molar-refractivity contribution >= 4 is 17.5 Å². The van der Waals surface area contributed by atoms with E-state index in [1.807, 2.05) is 0 Å². The SMILES string of the molecule is COc1ccc(CN(C)CC(=O)Nc2ccccc2C(=O)NCc2ccco2)cc1OC(F)F. The van der Waals surface area contributed by atoms with E-state index in [0.29, 0.717) is 29.1 Å². The molecule has 0 fully saturated rings. The first kappa shape index (κ1) is 24.7. The van der Waals surface area contributed by atoms with Gasteiger partial charge in [-0.2, -0.15) is 8.78 Å². The zero-order valence-electron chi connectivity index (χ0n) is 18.7. The van der Waals surface area contributed by atoms with E-state index in [-0.39, 0.29) is 36.4 Å². The van der Waals surface area contributed by atoms with E-state index in [2.05, 4.69) is 15.4 Å². The Bertz CT molecular complexity index is 1110. The first-order valence-electron chi connectivity index (χ1n) is 10.4. The Morgan fingerprint density at radius 3 is 2.59 bits per heavy atom. The summed E-state index contributed by atoms with van der Waals surface area (Å²) >= 11 is 0. The number of methoxy groups -OCH3 is 1. The average Bonchev–Trinajstić information content (AvgIpc) is 3.31. The molecule has 2 aromatic carbocycles. The molecule has 0 atom stereocenters. The highest BCUT2D eigenvalue weighted by Gasteiger charge is 2.16. The summed E-state index contributed by atoms with van der Waals surface area (Å²) in [5.41, 5.74) is 1.34. The van der Waals surface area contributed by atoms with Gasteiger partial charge in [0.1, 0.15) is 5.76 Å². The molecule has 0 bridgehead atoms. The Labute approximate surface area is 195 Å². The second-order valence-electron chi connectivity index (χ2n) is 7.39. The van der Waals surface area contributed by atoms with Crippen LogP contribution in [0.1, 0.15) is 21.7 Å². The number of nitrogens with one attached hydrogen (secondary N) is 2. The molecule has 180 valence electrons. The van der Waals surface area contributed by atoms with Crippen LogP contribution < -0.4 is 20.1 Å². The molecule has 3 rings (SSSR count). The van der Waals surface area contributed by atoms with Crippen molar-refractivity contribution in [2.75, 3.05) is 26.0 Å². The normalized spacial score (nSPS) is 10.9. The van der Waals surface area contributed by atoms with E-state index < -0.39 is 6.61 Å². The first-order chi connectivity index (χ1) is 16.4. The lowest BCUT2D eigenvalue weighted by Crippen LogP contribution is -2.31. The third-order valence-corrected chi connectivity index (χ3v) is 4.76. The summed E-state index contributed by atoms with van der Waals surface area (Å²) in [6.07, 6.45) is 1.52. The number of nitrogens with zero attached hydrogens (tertiary/aromatic N) is 1. The van der Waals surface area contributed by atoms with Crippen LogP contribution in [0, 0.1) is 0 Å². The van der Waals surface area contributed by atoms with E-state index >= 15 is 0 Å². The molecule has 0 unspecified atom stereocenters. The molecule has 1 heterocycles. The smallest absolute Gasteiger partial charge is 0.387 e. The number of anilines is 1. The molecule has 1 aromatic heterocycles. The molecule has 0 radical (unpaired) electrons. The van der Waals surface area contributed by atoms with E-state index in [0.717, 1.165) is 0 Å². The lowest BCUT2D eigenvalue weighted by Gasteiger charge is -2.18. The Balaban J connectivity index is 1.59. The van der Waals surface area contributed by atoms with Crippen molar-refractivity contribution in [3.8, 4) is 11.5 Å². The molecule has 0 saturated heterocycles. The Kier molecular flexibility index (Phi) is 8.58. The van der Waals surface area contributed by atoms with Crippen molar-refractivity contribution in [3.63, 3.8) is 0 Å². The fourth-order valence-corrected chi connectivity index (χ4v) is 3.28. The van der Waals surface area contributed by atoms with Gasteiger partial charge in [0, 0.05) is 6.54 Å². The second kappa shape index (κ2) is 11.8. The van der Waals surface area contributed by atoms with Crippen LogP contribution in [0.15, 0.2) is 65.3 Å². The highest BCUT2D eigenvalue weighted by Crippen LogP contribution is 2.29. The number of hydrogen-bond donors (Lipinski definition) is 2. The quantitative estimate of drug-likeness (QED) is 0.439. The van der Waals surface area contributed by atoms with Gasteiger partial charge in [0.15, 0.2) is 11.5 Å². The summed E-state index contributed by atoms with van der Waals surface area (Å²) in [6, 6.07) is 14.8. The monoisotopic (exact) mass is 473 g/mol. The number of carbonyl (C=O) groups excluding carboxylic acids is 2. The molecule has 0 aliphatic carbocycles. The van der Waals surface area contributed by atoms with Crippen molar-refractivity contribution < 1.29 is 32.3 Å². The number of alkyl halides is 2. The number of para-hydroxylation sites is 1. The summed E-state index contributed by atoms with van der Waals surface area (Å²) in [5, 5.41) is 5.49. The molecule has 3 aromatic rings. The standard InChI is InChI=1S/C24H25F2N3O5/c1-29(14-16-9-10-20(32-2)21(12-16)34-24(25)26)15-22(30)28-19-8-4-3-7-18(19)23(31)27-13-17-6-5-11-33-17/h3-12,24H,13-15H2,1-2H3,(H,27,31)(H,28,30). The van der Waals surface area contributed by atoms with Gasteiger partial charge in [0.25, 0.3) is 5.91 Å². The summed E-state index contributed by atoms with van der Waals surface area (Å²) in [4.78, 5) is 26.9. The summed E-state index contributed by atoms with van der Waals surface area (Å²) in [5.74, 6) is 0.0163. The van der Waals surface area contributed by atoms with Crippen molar-refractivity contribution in [3.05, 3.63) is 77.7 Å². The summed E-state index contributed by atoms with van der Waals surface area (Å²) in [7, 11) is 3.07. The fourth-order valence-electron chi connectivity index (χ4n) is 3.28. The largest absolute Gasteiger partial charge is 0.493 e. The molecule has 2 amide bonds. The lowest BCUT2D eigenvalue weighted by atomic mass is 10.1. The minimum Gasteiger partial charge on any atom is -0.493 e. The minimum atomic E-state index is -2.98. The van der Waals surface area contributed by atoms with E-state index in [4.69, 9.17) is 9.15 Å². The molecule has 0 aliphatic heterocycles. The van der Waals surface area contributed by atoms with Gasteiger partial charge in [0.2, 0.25) is 5.91 Å². The third-order valence-electron chi connectivity index (χ3n) is 4.76. The zero-order chi connectivity index (χ0) is 24.5. The van der Waals surface area contributed by atoms with Gasteiger partial charge < -0.3 is 24.5 Å². The van der Waals surface area contributed by atoms with Gasteiger partial charge >= 0.3 is 6.61 Å². The zero-order valence-corrected chi connectivity index (χ0v) is 18.7. The molecule has 0 aliphatic rings. The fraction of sp³-hybridized carbons (Fsp3) is 0.250. The van der Waals surface area contributed by atoms with Crippen LogP contribution in [-0.4, -0.2) is 44.0 Å². The van der Waals surface area contributed by atoms with Gasteiger partial charge in [-0.05, 0) is 49.0 Å². The van der Waals surface area contributed by atoms with Crippen LogP contribution in [0.25, 0.3) is 0 Å². The van der Waals surface area contributed by atoms with E-state index in [1.54, 1.807) is 54.4 Å². The Morgan fingerprint density at radius 2 is 1.88 bits per heavy atom. The van der Waals surface area contributed by atoms with Crippen molar-refractivity contribution in [2.45, 2.75) is 19.7 Å². The molecule has 2 N–H and O–H groups in total. The second-order valence-corrected chi connectivity index (χ2v) is 7.39. The summed E-state index contributed by atoms with van der Waals surface area (Å²) in [6.45, 7) is -2.47. The third kappa shape index (κ3) is 7.04. The van der Waals surface area contributed by atoms with Gasteiger partial charge in [-0.3, -0.25) is 14.5 Å². The topological polar surface area (TPSA) is 93.0 Å². The summed E-state index contributed by atoms with van der Waals surface area (Å²) < 4.78 is 40.0. The predicted molar refractivity (Wildman–Crippen MR) is 121 cm³/mol. The lowest BCUT2D eigenvalue weighted by molar-refractivity contribution is -0.117. The number of carbonyl (C=O) groups is 2. The highest BCUT2D eigenvalue weighted by molar-refractivity contribution is 6.04. The van der Waals surface area contributed by atoms with Crippen molar-refractivity contribution in [1.82, 2.24) is 10.2 Å². The van der Waals surface area contributed by atoms with Crippen LogP contribution in [0.4, 0.5) is 14.5 Å². The van der Waals surface area contributed by atoms with Gasteiger partial charge in [-0.1, -0.05) is 18.2 Å². The maximum absolute atomic E-state index is 12.6. The van der Waals surface area contributed by atoms with Gasteiger partial charge in [0.05, 0.1) is 37.7 Å². The molecular formula is C24H25F2N3O5. The number of likely N-dealkylation sites (N-methyl/N-ethyl adjacent to an activating group) is 1. The van der Waals surface area contributed by atoms with E-state index in [9.17, 15) is 18.4 Å². The Morgan fingerprint density at radius 1 is 1.09 bits per heavy atom. The number of furan rings is 1. The van der Waals surface area contributed by atoms with Crippen LogP contribution in [0.3, 0.4) is 0 Å². The van der Waals surface area contributed by atoms with Crippen LogP contribution >= 0.6 is 0 Å². The number of amides is 2. The maximum Gasteiger partial charge on any atom is 0.387 e. The Hall–Kier alpha value is -3.92. The number of hydrogen-bond acceptors (Lipinski definition) is 6. The molecule has 8 nitrogen and oxygen atoms in total. The average molecular weight is 473 g/mol. The minimum absolute atomic E-state index is 0.000580. The van der Waals surface area contributed by atoms with Gasteiger partial charge in [-0.25, -0.2) is 0 Å².